The van der Waals surface area contributed by atoms with Gasteiger partial charge in [-0.1, -0.05) is 6.07 Å². The zero-order valence-corrected chi connectivity index (χ0v) is 13.5. The molecule has 2 amide bonds. The van der Waals surface area contributed by atoms with E-state index in [0.717, 1.165) is 0 Å². The largest absolute Gasteiger partial charge is 0.384 e. The Morgan fingerprint density at radius 2 is 2.24 bits per heavy atom. The summed E-state index contributed by atoms with van der Waals surface area (Å²) in [4.78, 5) is 36.6. The van der Waals surface area contributed by atoms with Crippen molar-refractivity contribution in [3.8, 4) is 0 Å². The van der Waals surface area contributed by atoms with Gasteiger partial charge in [-0.2, -0.15) is 0 Å². The minimum Gasteiger partial charge on any atom is -0.384 e. The van der Waals surface area contributed by atoms with Gasteiger partial charge in [0.2, 0.25) is 0 Å². The van der Waals surface area contributed by atoms with Gasteiger partial charge in [0.1, 0.15) is 11.3 Å². The average Bonchev–Trinajstić information content (AvgIpc) is 3.10. The molecular formula is C16H19N5O4. The first-order valence-electron chi connectivity index (χ1n) is 7.85. The second-order valence-electron chi connectivity index (χ2n) is 5.84. The van der Waals surface area contributed by atoms with Gasteiger partial charge in [0.05, 0.1) is 26.3 Å². The van der Waals surface area contributed by atoms with E-state index < -0.39 is 11.5 Å². The third-order valence-electron chi connectivity index (χ3n) is 3.83. The van der Waals surface area contributed by atoms with Crippen LogP contribution >= 0.6 is 0 Å². The standard InChI is InChI=1S/C16H19N5O4/c22-14(12-3-1-2-4-17-12)20-9-16(24)10-21(7-8-25-11-16)15(23)13-18-5-6-19-13/h1-6,24H,7-11H2,(H,18,19)(H,20,22)/t16-/m0/s1. The van der Waals surface area contributed by atoms with Crippen LogP contribution in [-0.2, 0) is 4.74 Å². The lowest BCUT2D eigenvalue weighted by Gasteiger charge is -2.30. The van der Waals surface area contributed by atoms with Gasteiger partial charge in [-0.05, 0) is 12.1 Å². The van der Waals surface area contributed by atoms with E-state index in [2.05, 4.69) is 20.3 Å². The van der Waals surface area contributed by atoms with Gasteiger partial charge in [-0.15, -0.1) is 0 Å². The molecule has 1 atom stereocenters. The number of aromatic amines is 1. The molecule has 25 heavy (non-hydrogen) atoms. The Labute approximate surface area is 144 Å². The number of ether oxygens (including phenoxy) is 1. The van der Waals surface area contributed by atoms with Crippen molar-refractivity contribution >= 4 is 11.8 Å². The van der Waals surface area contributed by atoms with Gasteiger partial charge in [0, 0.05) is 25.1 Å². The van der Waals surface area contributed by atoms with Crippen molar-refractivity contribution in [1.82, 2.24) is 25.2 Å². The van der Waals surface area contributed by atoms with E-state index in [4.69, 9.17) is 4.74 Å². The van der Waals surface area contributed by atoms with E-state index in [1.165, 1.54) is 17.3 Å². The van der Waals surface area contributed by atoms with Gasteiger partial charge in [-0.3, -0.25) is 14.6 Å². The highest BCUT2D eigenvalue weighted by molar-refractivity contribution is 5.92. The first kappa shape index (κ1) is 17.1. The van der Waals surface area contributed by atoms with Crippen LogP contribution in [-0.4, -0.2) is 75.2 Å². The van der Waals surface area contributed by atoms with E-state index in [-0.39, 0.29) is 37.1 Å². The molecule has 3 N–H and O–H groups in total. The van der Waals surface area contributed by atoms with Crippen LogP contribution in [0.4, 0.5) is 0 Å². The summed E-state index contributed by atoms with van der Waals surface area (Å²) in [5, 5.41) is 13.4. The zero-order valence-electron chi connectivity index (χ0n) is 13.5. The molecule has 0 aromatic carbocycles. The lowest BCUT2D eigenvalue weighted by Crippen LogP contribution is -2.53. The van der Waals surface area contributed by atoms with Crippen LogP contribution in [0.2, 0.25) is 0 Å². The van der Waals surface area contributed by atoms with E-state index in [1.807, 2.05) is 0 Å². The molecule has 3 heterocycles. The molecule has 0 unspecified atom stereocenters. The second-order valence-corrected chi connectivity index (χ2v) is 5.84. The number of aromatic nitrogens is 3. The Morgan fingerprint density at radius 3 is 2.96 bits per heavy atom. The number of nitrogens with one attached hydrogen (secondary N) is 2. The predicted octanol–water partition coefficient (Wildman–Crippen LogP) is -0.562. The van der Waals surface area contributed by atoms with Crippen molar-refractivity contribution in [2.75, 3.05) is 32.8 Å². The predicted molar refractivity (Wildman–Crippen MR) is 86.8 cm³/mol. The molecule has 0 radical (unpaired) electrons. The lowest BCUT2D eigenvalue weighted by molar-refractivity contribution is -0.0325. The molecule has 9 nitrogen and oxygen atoms in total. The zero-order chi connectivity index (χ0) is 17.7. The Bertz CT molecular complexity index is 721. The SMILES string of the molecule is O=C(NC[C@@]1(O)COCCN(C(=O)c2ncc[nH]2)C1)c1ccccn1. The van der Waals surface area contributed by atoms with Crippen molar-refractivity contribution in [3.05, 3.63) is 48.3 Å². The van der Waals surface area contributed by atoms with Crippen molar-refractivity contribution < 1.29 is 19.4 Å². The van der Waals surface area contributed by atoms with Crippen molar-refractivity contribution in [2.24, 2.45) is 0 Å². The molecule has 1 fully saturated rings. The number of carbonyl (C=O) groups is 2. The van der Waals surface area contributed by atoms with Crippen LogP contribution in [0.25, 0.3) is 0 Å². The first-order chi connectivity index (χ1) is 12.1. The maximum Gasteiger partial charge on any atom is 0.289 e. The number of rotatable bonds is 4. The molecule has 132 valence electrons. The number of aliphatic hydroxyl groups is 1. The summed E-state index contributed by atoms with van der Waals surface area (Å²) in [7, 11) is 0. The van der Waals surface area contributed by atoms with Crippen LogP contribution in [0.5, 0.6) is 0 Å². The molecule has 9 heteroatoms. The van der Waals surface area contributed by atoms with Gasteiger partial charge in [0.25, 0.3) is 11.8 Å². The number of amides is 2. The van der Waals surface area contributed by atoms with E-state index >= 15 is 0 Å². The van der Waals surface area contributed by atoms with Crippen LogP contribution in [0, 0.1) is 0 Å². The summed E-state index contributed by atoms with van der Waals surface area (Å²) in [5.41, 5.74) is -1.15. The van der Waals surface area contributed by atoms with Gasteiger partial charge in [0.15, 0.2) is 5.82 Å². The molecule has 0 saturated carbocycles. The number of hydrogen-bond acceptors (Lipinski definition) is 6. The summed E-state index contributed by atoms with van der Waals surface area (Å²) in [6, 6.07) is 4.99. The number of nitrogens with zero attached hydrogens (tertiary/aromatic N) is 3. The van der Waals surface area contributed by atoms with E-state index in [9.17, 15) is 14.7 Å². The molecule has 1 aliphatic rings. The Morgan fingerprint density at radius 1 is 1.36 bits per heavy atom. The fraction of sp³-hybridized carbons (Fsp3) is 0.375. The summed E-state index contributed by atoms with van der Waals surface area (Å²) < 4.78 is 5.40. The second kappa shape index (κ2) is 7.41. The summed E-state index contributed by atoms with van der Waals surface area (Å²) in [6.07, 6.45) is 4.56. The van der Waals surface area contributed by atoms with Gasteiger partial charge < -0.3 is 25.0 Å². The molecule has 1 aliphatic heterocycles. The molecule has 2 aromatic rings. The Kier molecular flexibility index (Phi) is 5.05. The maximum atomic E-state index is 12.4. The van der Waals surface area contributed by atoms with Crippen molar-refractivity contribution in [1.29, 1.82) is 0 Å². The number of β-amino-alcohol motifs (C(OH)–C–C–N with tert-alkyl or cyclic N) is 1. The molecular weight excluding hydrogens is 326 g/mol. The fourth-order valence-corrected chi connectivity index (χ4v) is 2.56. The van der Waals surface area contributed by atoms with E-state index in [1.54, 1.807) is 24.4 Å². The quantitative estimate of drug-likeness (QED) is 0.683. The number of carbonyl (C=O) groups excluding carboxylic acids is 2. The number of imidazole rings is 1. The van der Waals surface area contributed by atoms with Crippen LogP contribution in [0.15, 0.2) is 36.8 Å². The lowest BCUT2D eigenvalue weighted by atomic mass is 10.0. The fourth-order valence-electron chi connectivity index (χ4n) is 2.56. The molecule has 1 saturated heterocycles. The summed E-state index contributed by atoms with van der Waals surface area (Å²) in [6.45, 7) is 0.593. The Hall–Kier alpha value is -2.78. The number of pyridine rings is 1. The minimum atomic E-state index is -1.40. The van der Waals surface area contributed by atoms with Gasteiger partial charge in [-0.25, -0.2) is 4.98 Å². The van der Waals surface area contributed by atoms with Gasteiger partial charge >= 0.3 is 0 Å². The monoisotopic (exact) mass is 345 g/mol. The molecule has 2 aromatic heterocycles. The third kappa shape index (κ3) is 4.20. The van der Waals surface area contributed by atoms with E-state index in [0.29, 0.717) is 13.2 Å². The first-order valence-corrected chi connectivity index (χ1v) is 7.85. The highest BCUT2D eigenvalue weighted by Crippen LogP contribution is 2.14. The molecule has 0 spiro atoms. The average molecular weight is 345 g/mol. The van der Waals surface area contributed by atoms with Crippen LogP contribution in [0.3, 0.4) is 0 Å². The number of H-pyrrole nitrogens is 1. The molecule has 0 aliphatic carbocycles. The van der Waals surface area contributed by atoms with Crippen molar-refractivity contribution in [2.45, 2.75) is 5.60 Å². The van der Waals surface area contributed by atoms with Crippen LogP contribution < -0.4 is 5.32 Å². The molecule has 0 bridgehead atoms. The number of hydrogen-bond donors (Lipinski definition) is 3. The van der Waals surface area contributed by atoms with Crippen molar-refractivity contribution in [3.63, 3.8) is 0 Å². The third-order valence-corrected chi connectivity index (χ3v) is 3.83. The summed E-state index contributed by atoms with van der Waals surface area (Å²) >= 11 is 0. The minimum absolute atomic E-state index is 0.0113. The smallest absolute Gasteiger partial charge is 0.289 e. The van der Waals surface area contributed by atoms with Crippen LogP contribution in [0.1, 0.15) is 21.1 Å². The summed E-state index contributed by atoms with van der Waals surface area (Å²) in [5.74, 6) is -0.533. The normalized spacial score (nSPS) is 20.8. The topological polar surface area (TPSA) is 120 Å². The maximum absolute atomic E-state index is 12.4. The highest BCUT2D eigenvalue weighted by atomic mass is 16.5. The molecule has 3 rings (SSSR count). The highest BCUT2D eigenvalue weighted by Gasteiger charge is 2.35. The Balaban J connectivity index is 1.64.